The summed E-state index contributed by atoms with van der Waals surface area (Å²) >= 11 is 0. The third-order valence-corrected chi connectivity index (χ3v) is 1.96. The molecule has 1 rings (SSSR count). The molecule has 78 valence electrons. The molecule has 3 heteroatoms. The summed E-state index contributed by atoms with van der Waals surface area (Å²) in [6.45, 7) is 2.35. The van der Waals surface area contributed by atoms with Crippen LogP contribution in [0.2, 0.25) is 0 Å². The molecule has 3 nitrogen and oxygen atoms in total. The van der Waals surface area contributed by atoms with Gasteiger partial charge in [-0.1, -0.05) is 6.07 Å². The fourth-order valence-electron chi connectivity index (χ4n) is 1.16. The minimum atomic E-state index is -0.321. The van der Waals surface area contributed by atoms with Gasteiger partial charge in [-0.05, 0) is 25.1 Å². The number of nitrogens with one attached hydrogen (secondary N) is 1. The van der Waals surface area contributed by atoms with E-state index in [0.717, 1.165) is 11.4 Å². The maximum Gasteiger partial charge on any atom is 0.0684 e. The summed E-state index contributed by atoms with van der Waals surface area (Å²) in [4.78, 5) is 2.05. The van der Waals surface area contributed by atoms with Gasteiger partial charge in [-0.3, -0.25) is 0 Å². The fourth-order valence-corrected chi connectivity index (χ4v) is 1.16. The Morgan fingerprint density at radius 3 is 2.71 bits per heavy atom. The van der Waals surface area contributed by atoms with E-state index in [2.05, 4.69) is 11.4 Å². The predicted octanol–water partition coefficient (Wildman–Crippen LogP) is 1.55. The molecule has 0 heterocycles. The van der Waals surface area contributed by atoms with Gasteiger partial charge in [0, 0.05) is 32.0 Å². The molecule has 0 aliphatic rings. The molecule has 1 aromatic rings. The van der Waals surface area contributed by atoms with Crippen LogP contribution in [-0.4, -0.2) is 31.9 Å². The molecule has 0 saturated heterocycles. The van der Waals surface area contributed by atoms with Crippen molar-refractivity contribution in [1.29, 1.82) is 0 Å². The zero-order chi connectivity index (χ0) is 10.6. The van der Waals surface area contributed by atoms with Gasteiger partial charge in [-0.2, -0.15) is 0 Å². The molecule has 0 radical (unpaired) electrons. The van der Waals surface area contributed by atoms with E-state index in [1.54, 1.807) is 6.92 Å². The van der Waals surface area contributed by atoms with Gasteiger partial charge in [0.25, 0.3) is 0 Å². The zero-order valence-electron chi connectivity index (χ0n) is 8.99. The Morgan fingerprint density at radius 2 is 2.14 bits per heavy atom. The topological polar surface area (TPSA) is 35.5 Å². The first-order chi connectivity index (χ1) is 6.59. The summed E-state index contributed by atoms with van der Waals surface area (Å²) in [5.74, 6) is 0. The van der Waals surface area contributed by atoms with Crippen LogP contribution in [0.4, 0.5) is 11.4 Å². The van der Waals surface area contributed by atoms with Crippen molar-refractivity contribution in [2.75, 3.05) is 30.9 Å². The van der Waals surface area contributed by atoms with Crippen LogP contribution in [0.5, 0.6) is 0 Å². The molecule has 1 atom stereocenters. The van der Waals surface area contributed by atoms with Gasteiger partial charge in [-0.25, -0.2) is 0 Å². The van der Waals surface area contributed by atoms with Crippen LogP contribution >= 0.6 is 0 Å². The van der Waals surface area contributed by atoms with Gasteiger partial charge >= 0.3 is 0 Å². The summed E-state index contributed by atoms with van der Waals surface area (Å²) in [6.07, 6.45) is -0.321. The monoisotopic (exact) mass is 194 g/mol. The maximum absolute atomic E-state index is 9.12. The largest absolute Gasteiger partial charge is 0.392 e. The number of anilines is 2. The van der Waals surface area contributed by atoms with Crippen LogP contribution in [-0.2, 0) is 0 Å². The van der Waals surface area contributed by atoms with Crippen molar-refractivity contribution in [3.8, 4) is 0 Å². The van der Waals surface area contributed by atoms with Gasteiger partial charge in [0.15, 0.2) is 0 Å². The summed E-state index contributed by atoms with van der Waals surface area (Å²) in [7, 11) is 4.02. The van der Waals surface area contributed by atoms with Gasteiger partial charge in [0.05, 0.1) is 6.10 Å². The van der Waals surface area contributed by atoms with E-state index >= 15 is 0 Å². The first-order valence-corrected chi connectivity index (χ1v) is 4.79. The quantitative estimate of drug-likeness (QED) is 0.763. The summed E-state index contributed by atoms with van der Waals surface area (Å²) < 4.78 is 0. The van der Waals surface area contributed by atoms with Crippen molar-refractivity contribution in [1.82, 2.24) is 0 Å². The highest BCUT2D eigenvalue weighted by atomic mass is 16.3. The lowest BCUT2D eigenvalue weighted by Gasteiger charge is -2.14. The number of hydrogen-bond donors (Lipinski definition) is 2. The first-order valence-electron chi connectivity index (χ1n) is 4.79. The molecule has 14 heavy (non-hydrogen) atoms. The van der Waals surface area contributed by atoms with E-state index in [0.29, 0.717) is 6.54 Å². The predicted molar refractivity (Wildman–Crippen MR) is 60.9 cm³/mol. The van der Waals surface area contributed by atoms with Crippen LogP contribution < -0.4 is 10.2 Å². The highest BCUT2D eigenvalue weighted by Gasteiger charge is 1.98. The van der Waals surface area contributed by atoms with Crippen molar-refractivity contribution >= 4 is 11.4 Å². The van der Waals surface area contributed by atoms with E-state index in [9.17, 15) is 0 Å². The average molecular weight is 194 g/mol. The average Bonchev–Trinajstić information content (AvgIpc) is 2.15. The number of hydrogen-bond acceptors (Lipinski definition) is 3. The van der Waals surface area contributed by atoms with Gasteiger partial charge in [0.2, 0.25) is 0 Å². The summed E-state index contributed by atoms with van der Waals surface area (Å²) in [5, 5.41) is 12.3. The molecule has 2 N–H and O–H groups in total. The van der Waals surface area contributed by atoms with E-state index < -0.39 is 0 Å². The molecular weight excluding hydrogens is 176 g/mol. The molecular formula is C11H18N2O. The molecule has 0 unspecified atom stereocenters. The van der Waals surface area contributed by atoms with Crippen molar-refractivity contribution in [3.63, 3.8) is 0 Å². The Labute approximate surface area is 85.4 Å². The second kappa shape index (κ2) is 4.86. The standard InChI is InChI=1S/C11H18N2O/c1-9(14)8-12-10-5-4-6-11(7-10)13(2)3/h4-7,9,12,14H,8H2,1-3H3/t9-/m0/s1. The SMILES string of the molecule is C[C@H](O)CNc1cccc(N(C)C)c1. The lowest BCUT2D eigenvalue weighted by molar-refractivity contribution is 0.208. The van der Waals surface area contributed by atoms with Crippen molar-refractivity contribution in [2.45, 2.75) is 13.0 Å². The molecule has 0 aromatic heterocycles. The molecule has 1 aromatic carbocycles. The number of rotatable bonds is 4. The third kappa shape index (κ3) is 3.26. The molecule has 0 aliphatic heterocycles. The maximum atomic E-state index is 9.12. The first kappa shape index (κ1) is 10.9. The van der Waals surface area contributed by atoms with Gasteiger partial charge < -0.3 is 15.3 Å². The molecule has 0 bridgehead atoms. The fraction of sp³-hybridized carbons (Fsp3) is 0.455. The smallest absolute Gasteiger partial charge is 0.0684 e. The van der Waals surface area contributed by atoms with Gasteiger partial charge in [-0.15, -0.1) is 0 Å². The molecule has 0 amide bonds. The van der Waals surface area contributed by atoms with Crippen LogP contribution in [0, 0.1) is 0 Å². The van der Waals surface area contributed by atoms with Crippen molar-refractivity contribution < 1.29 is 5.11 Å². The van der Waals surface area contributed by atoms with E-state index in [4.69, 9.17) is 5.11 Å². The Morgan fingerprint density at radius 1 is 1.43 bits per heavy atom. The van der Waals surface area contributed by atoms with Crippen LogP contribution in [0.15, 0.2) is 24.3 Å². The number of nitrogens with zero attached hydrogens (tertiary/aromatic N) is 1. The highest BCUT2D eigenvalue weighted by Crippen LogP contribution is 2.16. The van der Waals surface area contributed by atoms with Crippen molar-refractivity contribution in [3.05, 3.63) is 24.3 Å². The van der Waals surface area contributed by atoms with Crippen LogP contribution in [0.25, 0.3) is 0 Å². The lowest BCUT2D eigenvalue weighted by Crippen LogP contribution is -2.15. The van der Waals surface area contributed by atoms with Crippen LogP contribution in [0.3, 0.4) is 0 Å². The lowest BCUT2D eigenvalue weighted by atomic mass is 10.2. The zero-order valence-corrected chi connectivity index (χ0v) is 8.99. The summed E-state index contributed by atoms with van der Waals surface area (Å²) in [6, 6.07) is 8.10. The Hall–Kier alpha value is -1.22. The normalized spacial score (nSPS) is 12.3. The minimum absolute atomic E-state index is 0.321. The van der Waals surface area contributed by atoms with E-state index in [1.165, 1.54) is 0 Å². The molecule has 0 fully saturated rings. The third-order valence-electron chi connectivity index (χ3n) is 1.96. The minimum Gasteiger partial charge on any atom is -0.392 e. The Kier molecular flexibility index (Phi) is 3.77. The second-order valence-electron chi connectivity index (χ2n) is 3.67. The second-order valence-corrected chi connectivity index (χ2v) is 3.67. The Bertz CT molecular complexity index is 284. The van der Waals surface area contributed by atoms with E-state index in [1.807, 2.05) is 37.2 Å². The summed E-state index contributed by atoms with van der Waals surface area (Å²) in [5.41, 5.74) is 2.19. The number of aliphatic hydroxyl groups excluding tert-OH is 1. The highest BCUT2D eigenvalue weighted by molar-refractivity contribution is 5.57. The van der Waals surface area contributed by atoms with Gasteiger partial charge in [0.1, 0.15) is 0 Å². The molecule has 0 saturated carbocycles. The van der Waals surface area contributed by atoms with E-state index in [-0.39, 0.29) is 6.10 Å². The molecule has 0 spiro atoms. The Balaban J connectivity index is 2.64. The molecule has 0 aliphatic carbocycles. The number of aliphatic hydroxyl groups is 1. The van der Waals surface area contributed by atoms with Crippen molar-refractivity contribution in [2.24, 2.45) is 0 Å². The van der Waals surface area contributed by atoms with Crippen LogP contribution in [0.1, 0.15) is 6.92 Å². The number of benzene rings is 1.